The van der Waals surface area contributed by atoms with Crippen molar-refractivity contribution in [1.82, 2.24) is 10.2 Å². The van der Waals surface area contributed by atoms with E-state index in [1.807, 2.05) is 31.2 Å². The van der Waals surface area contributed by atoms with Gasteiger partial charge in [0.25, 0.3) is 0 Å². The summed E-state index contributed by atoms with van der Waals surface area (Å²) >= 11 is 0. The number of aromatic nitrogens is 2. The Kier molecular flexibility index (Phi) is 2.78. The molecule has 0 amide bonds. The maximum atomic E-state index is 5.45. The fourth-order valence-electron chi connectivity index (χ4n) is 1.29. The van der Waals surface area contributed by atoms with Crippen LogP contribution in [0.4, 0.5) is 0 Å². The molecule has 4 heteroatoms. The van der Waals surface area contributed by atoms with E-state index in [0.29, 0.717) is 24.7 Å². The third-order valence-electron chi connectivity index (χ3n) is 2.12. The fourth-order valence-corrected chi connectivity index (χ4v) is 1.29. The van der Waals surface area contributed by atoms with Crippen LogP contribution in [0.2, 0.25) is 0 Å². The second kappa shape index (κ2) is 4.23. The quantitative estimate of drug-likeness (QED) is 0.821. The van der Waals surface area contributed by atoms with Crippen molar-refractivity contribution < 1.29 is 4.42 Å². The van der Waals surface area contributed by atoms with Crippen molar-refractivity contribution in [2.75, 3.05) is 6.54 Å². The molecule has 4 nitrogen and oxygen atoms in total. The van der Waals surface area contributed by atoms with Gasteiger partial charge in [0.2, 0.25) is 11.8 Å². The molecule has 0 radical (unpaired) electrons. The molecule has 0 aliphatic rings. The van der Waals surface area contributed by atoms with E-state index in [1.54, 1.807) is 0 Å². The van der Waals surface area contributed by atoms with Crippen LogP contribution >= 0.6 is 0 Å². The van der Waals surface area contributed by atoms with Crippen molar-refractivity contribution in [3.8, 4) is 11.5 Å². The standard InChI is InChI=1S/C11H13N3O/c1-8-2-4-9(5-3-8)11-14-13-10(15-11)6-7-12/h2-5H,6-7,12H2,1H3. The van der Waals surface area contributed by atoms with Crippen LogP contribution in [0.25, 0.3) is 11.5 Å². The number of benzene rings is 1. The lowest BCUT2D eigenvalue weighted by Crippen LogP contribution is -2.02. The zero-order valence-electron chi connectivity index (χ0n) is 8.60. The highest BCUT2D eigenvalue weighted by Gasteiger charge is 2.06. The molecular weight excluding hydrogens is 190 g/mol. The zero-order valence-corrected chi connectivity index (χ0v) is 8.60. The molecule has 0 aliphatic heterocycles. The van der Waals surface area contributed by atoms with Gasteiger partial charge in [-0.05, 0) is 19.1 Å². The Morgan fingerprint density at radius 3 is 2.60 bits per heavy atom. The molecule has 0 aliphatic carbocycles. The average Bonchev–Trinajstić information content (AvgIpc) is 2.68. The first-order chi connectivity index (χ1) is 7.29. The lowest BCUT2D eigenvalue weighted by atomic mass is 10.1. The van der Waals surface area contributed by atoms with Crippen LogP contribution < -0.4 is 5.73 Å². The summed E-state index contributed by atoms with van der Waals surface area (Å²) in [7, 11) is 0. The molecule has 0 unspecified atom stereocenters. The van der Waals surface area contributed by atoms with Crippen LogP contribution in [-0.4, -0.2) is 16.7 Å². The molecule has 1 aromatic heterocycles. The summed E-state index contributed by atoms with van der Waals surface area (Å²) in [6.07, 6.45) is 0.624. The first-order valence-electron chi connectivity index (χ1n) is 4.89. The average molecular weight is 203 g/mol. The molecular formula is C11H13N3O. The molecule has 0 saturated carbocycles. The summed E-state index contributed by atoms with van der Waals surface area (Å²) in [6.45, 7) is 2.56. The predicted octanol–water partition coefficient (Wildman–Crippen LogP) is 1.55. The summed E-state index contributed by atoms with van der Waals surface area (Å²) in [5.74, 6) is 1.14. The van der Waals surface area contributed by atoms with Crippen LogP contribution in [0.1, 0.15) is 11.5 Å². The summed E-state index contributed by atoms with van der Waals surface area (Å²) in [4.78, 5) is 0. The van der Waals surface area contributed by atoms with E-state index in [2.05, 4.69) is 10.2 Å². The van der Waals surface area contributed by atoms with Crippen LogP contribution in [0.3, 0.4) is 0 Å². The van der Waals surface area contributed by atoms with E-state index >= 15 is 0 Å². The molecule has 1 aromatic carbocycles. The molecule has 1 heterocycles. The van der Waals surface area contributed by atoms with Crippen LogP contribution in [0, 0.1) is 6.92 Å². The minimum absolute atomic E-state index is 0.523. The van der Waals surface area contributed by atoms with Crippen molar-refractivity contribution in [2.24, 2.45) is 5.73 Å². The Morgan fingerprint density at radius 1 is 1.20 bits per heavy atom. The molecule has 78 valence electrons. The zero-order chi connectivity index (χ0) is 10.7. The summed E-state index contributed by atoms with van der Waals surface area (Å²) < 4.78 is 5.45. The number of hydrogen-bond acceptors (Lipinski definition) is 4. The topological polar surface area (TPSA) is 64.9 Å². The number of hydrogen-bond donors (Lipinski definition) is 1. The maximum absolute atomic E-state index is 5.45. The van der Waals surface area contributed by atoms with Crippen molar-refractivity contribution in [1.29, 1.82) is 0 Å². The minimum Gasteiger partial charge on any atom is -0.421 e. The van der Waals surface area contributed by atoms with Gasteiger partial charge in [-0.15, -0.1) is 10.2 Å². The minimum atomic E-state index is 0.523. The van der Waals surface area contributed by atoms with Gasteiger partial charge in [-0.1, -0.05) is 17.7 Å². The first kappa shape index (κ1) is 9.86. The molecule has 2 rings (SSSR count). The molecule has 0 fully saturated rings. The highest BCUT2D eigenvalue weighted by Crippen LogP contribution is 2.17. The van der Waals surface area contributed by atoms with Gasteiger partial charge in [-0.3, -0.25) is 0 Å². The van der Waals surface area contributed by atoms with Crippen molar-refractivity contribution in [3.63, 3.8) is 0 Å². The summed E-state index contributed by atoms with van der Waals surface area (Å²) in [5, 5.41) is 7.87. The Labute approximate surface area is 88.1 Å². The number of aryl methyl sites for hydroxylation is 1. The monoisotopic (exact) mass is 203 g/mol. The second-order valence-electron chi connectivity index (χ2n) is 3.41. The second-order valence-corrected chi connectivity index (χ2v) is 3.41. The van der Waals surface area contributed by atoms with Gasteiger partial charge >= 0.3 is 0 Å². The van der Waals surface area contributed by atoms with Crippen molar-refractivity contribution in [2.45, 2.75) is 13.3 Å². The number of nitrogens with zero attached hydrogens (tertiary/aromatic N) is 2. The highest BCUT2D eigenvalue weighted by atomic mass is 16.4. The van der Waals surface area contributed by atoms with Gasteiger partial charge < -0.3 is 10.2 Å². The van der Waals surface area contributed by atoms with E-state index in [-0.39, 0.29) is 0 Å². The van der Waals surface area contributed by atoms with E-state index in [0.717, 1.165) is 5.56 Å². The van der Waals surface area contributed by atoms with Crippen molar-refractivity contribution in [3.05, 3.63) is 35.7 Å². The Balaban J connectivity index is 2.25. The Morgan fingerprint density at radius 2 is 1.93 bits per heavy atom. The van der Waals surface area contributed by atoms with Crippen LogP contribution in [0.5, 0.6) is 0 Å². The molecule has 15 heavy (non-hydrogen) atoms. The maximum Gasteiger partial charge on any atom is 0.247 e. The van der Waals surface area contributed by atoms with Gasteiger partial charge in [0.15, 0.2) is 0 Å². The van der Waals surface area contributed by atoms with Crippen LogP contribution in [0.15, 0.2) is 28.7 Å². The van der Waals surface area contributed by atoms with Crippen LogP contribution in [-0.2, 0) is 6.42 Å². The van der Waals surface area contributed by atoms with Gasteiger partial charge in [-0.2, -0.15) is 0 Å². The largest absolute Gasteiger partial charge is 0.421 e. The molecule has 0 bridgehead atoms. The lowest BCUT2D eigenvalue weighted by molar-refractivity contribution is 0.507. The lowest BCUT2D eigenvalue weighted by Gasteiger charge is -1.95. The van der Waals surface area contributed by atoms with Gasteiger partial charge in [0.1, 0.15) is 0 Å². The summed E-state index contributed by atoms with van der Waals surface area (Å²) in [6, 6.07) is 7.97. The third kappa shape index (κ3) is 2.22. The number of rotatable bonds is 3. The SMILES string of the molecule is Cc1ccc(-c2nnc(CCN)o2)cc1. The molecule has 2 N–H and O–H groups in total. The Bertz CT molecular complexity index is 433. The van der Waals surface area contributed by atoms with Crippen molar-refractivity contribution >= 4 is 0 Å². The van der Waals surface area contributed by atoms with E-state index in [4.69, 9.17) is 10.2 Å². The number of nitrogens with two attached hydrogens (primary N) is 1. The van der Waals surface area contributed by atoms with Gasteiger partial charge in [-0.25, -0.2) is 0 Å². The normalized spacial score (nSPS) is 10.5. The first-order valence-corrected chi connectivity index (χ1v) is 4.89. The molecule has 0 saturated heterocycles. The van der Waals surface area contributed by atoms with Gasteiger partial charge in [0, 0.05) is 18.5 Å². The van der Waals surface area contributed by atoms with E-state index < -0.39 is 0 Å². The summed E-state index contributed by atoms with van der Waals surface area (Å²) in [5.41, 5.74) is 7.55. The molecule has 0 spiro atoms. The Hall–Kier alpha value is -1.68. The fraction of sp³-hybridized carbons (Fsp3) is 0.273. The van der Waals surface area contributed by atoms with E-state index in [9.17, 15) is 0 Å². The van der Waals surface area contributed by atoms with Gasteiger partial charge in [0.05, 0.1) is 0 Å². The molecule has 2 aromatic rings. The predicted molar refractivity (Wildman–Crippen MR) is 57.2 cm³/mol. The molecule has 0 atom stereocenters. The highest BCUT2D eigenvalue weighted by molar-refractivity contribution is 5.52. The third-order valence-corrected chi connectivity index (χ3v) is 2.12. The van der Waals surface area contributed by atoms with E-state index in [1.165, 1.54) is 5.56 Å². The smallest absolute Gasteiger partial charge is 0.247 e.